The van der Waals surface area contributed by atoms with Crippen molar-refractivity contribution < 1.29 is 9.90 Å². The lowest BCUT2D eigenvalue weighted by Crippen LogP contribution is -2.35. The average molecular weight is 292 g/mol. The molecule has 0 aromatic carbocycles. The van der Waals surface area contributed by atoms with Crippen LogP contribution in [0.3, 0.4) is 0 Å². The fourth-order valence-corrected chi connectivity index (χ4v) is 2.23. The molecule has 0 saturated heterocycles. The van der Waals surface area contributed by atoms with Crippen LogP contribution in [0.25, 0.3) is 0 Å². The van der Waals surface area contributed by atoms with E-state index in [1.54, 1.807) is 42.2 Å². The van der Waals surface area contributed by atoms with Crippen LogP contribution in [0.2, 0.25) is 0 Å². The average Bonchev–Trinajstić information content (AvgIpc) is 2.49. The summed E-state index contributed by atoms with van der Waals surface area (Å²) in [5.74, 6) is 6.27. The molecule has 0 radical (unpaired) electrons. The molecule has 1 aromatic heterocycles. The Morgan fingerprint density at radius 2 is 2.30 bits per heavy atom. The SMILES string of the molecule is CSCCC(C)N(C)C(=O)c1cncc(C#CCO)c1. The van der Waals surface area contributed by atoms with Crippen LogP contribution < -0.4 is 0 Å². The van der Waals surface area contributed by atoms with Crippen LogP contribution in [0.15, 0.2) is 18.5 Å². The molecule has 1 N–H and O–H groups in total. The summed E-state index contributed by atoms with van der Waals surface area (Å²) in [5, 5.41) is 8.68. The van der Waals surface area contributed by atoms with Gasteiger partial charge in [0.15, 0.2) is 0 Å². The van der Waals surface area contributed by atoms with Gasteiger partial charge in [0.2, 0.25) is 0 Å². The summed E-state index contributed by atoms with van der Waals surface area (Å²) in [5.41, 5.74) is 1.16. The van der Waals surface area contributed by atoms with Crippen molar-refractivity contribution in [3.05, 3.63) is 29.6 Å². The van der Waals surface area contributed by atoms with Crippen LogP contribution in [-0.2, 0) is 0 Å². The summed E-state index contributed by atoms with van der Waals surface area (Å²) >= 11 is 1.77. The molecule has 1 aromatic rings. The van der Waals surface area contributed by atoms with E-state index < -0.39 is 0 Å². The summed E-state index contributed by atoms with van der Waals surface area (Å²) in [6, 6.07) is 1.89. The van der Waals surface area contributed by atoms with Crippen molar-refractivity contribution in [2.45, 2.75) is 19.4 Å². The molecule has 0 bridgehead atoms. The second-order valence-electron chi connectivity index (χ2n) is 4.47. The van der Waals surface area contributed by atoms with Gasteiger partial charge in [0.05, 0.1) is 5.56 Å². The number of amides is 1. The Kier molecular flexibility index (Phi) is 7.13. The van der Waals surface area contributed by atoms with Gasteiger partial charge >= 0.3 is 0 Å². The van der Waals surface area contributed by atoms with Crippen molar-refractivity contribution in [1.82, 2.24) is 9.88 Å². The third-order valence-corrected chi connectivity index (χ3v) is 3.66. The van der Waals surface area contributed by atoms with Crippen molar-refractivity contribution in [2.75, 3.05) is 25.7 Å². The largest absolute Gasteiger partial charge is 0.384 e. The summed E-state index contributed by atoms with van der Waals surface area (Å²) in [4.78, 5) is 18.1. The Morgan fingerprint density at radius 3 is 2.95 bits per heavy atom. The first-order valence-corrected chi connectivity index (χ1v) is 7.80. The highest BCUT2D eigenvalue weighted by Crippen LogP contribution is 2.11. The zero-order valence-corrected chi connectivity index (χ0v) is 12.9. The van der Waals surface area contributed by atoms with Crippen molar-refractivity contribution in [2.24, 2.45) is 0 Å². The molecule has 1 amide bonds. The van der Waals surface area contributed by atoms with E-state index in [1.807, 2.05) is 6.92 Å². The van der Waals surface area contributed by atoms with E-state index in [4.69, 9.17) is 5.11 Å². The number of hydrogen-bond acceptors (Lipinski definition) is 4. The first-order valence-electron chi connectivity index (χ1n) is 6.41. The molecule has 1 unspecified atom stereocenters. The Bertz CT molecular complexity index is 508. The van der Waals surface area contributed by atoms with Gasteiger partial charge in [0.25, 0.3) is 5.91 Å². The Labute approximate surface area is 124 Å². The van der Waals surface area contributed by atoms with Crippen molar-refractivity contribution >= 4 is 17.7 Å². The van der Waals surface area contributed by atoms with E-state index in [0.29, 0.717) is 11.1 Å². The molecule has 0 fully saturated rings. The molecule has 4 nitrogen and oxygen atoms in total. The minimum Gasteiger partial charge on any atom is -0.384 e. The zero-order chi connectivity index (χ0) is 15.0. The highest BCUT2D eigenvalue weighted by atomic mass is 32.2. The highest BCUT2D eigenvalue weighted by Gasteiger charge is 2.17. The number of aliphatic hydroxyl groups is 1. The predicted octanol–water partition coefficient (Wildman–Crippen LogP) is 1.64. The minimum atomic E-state index is -0.205. The number of hydrogen-bond donors (Lipinski definition) is 1. The molecule has 5 heteroatoms. The number of thioether (sulfide) groups is 1. The smallest absolute Gasteiger partial charge is 0.255 e. The second kappa shape index (κ2) is 8.62. The molecule has 0 saturated carbocycles. The predicted molar refractivity (Wildman–Crippen MR) is 82.8 cm³/mol. The summed E-state index contributed by atoms with van der Waals surface area (Å²) in [6.07, 6.45) is 6.14. The van der Waals surface area contributed by atoms with Gasteiger partial charge in [-0.3, -0.25) is 9.78 Å². The number of aromatic nitrogens is 1. The Hall–Kier alpha value is -1.51. The van der Waals surface area contributed by atoms with Crippen molar-refractivity contribution in [3.63, 3.8) is 0 Å². The molecule has 0 aliphatic rings. The van der Waals surface area contributed by atoms with Gasteiger partial charge in [-0.05, 0) is 31.4 Å². The first-order chi connectivity index (χ1) is 9.60. The summed E-state index contributed by atoms with van der Waals surface area (Å²) < 4.78 is 0. The fourth-order valence-electron chi connectivity index (χ4n) is 1.65. The molecule has 0 aliphatic carbocycles. The number of aliphatic hydroxyl groups excluding tert-OH is 1. The van der Waals surface area contributed by atoms with Crippen LogP contribution >= 0.6 is 11.8 Å². The van der Waals surface area contributed by atoms with E-state index in [0.717, 1.165) is 12.2 Å². The Morgan fingerprint density at radius 1 is 1.55 bits per heavy atom. The van der Waals surface area contributed by atoms with Crippen LogP contribution in [0, 0.1) is 11.8 Å². The van der Waals surface area contributed by atoms with Gasteiger partial charge in [0.1, 0.15) is 6.61 Å². The topological polar surface area (TPSA) is 53.4 Å². The third-order valence-electron chi connectivity index (χ3n) is 3.02. The van der Waals surface area contributed by atoms with Crippen LogP contribution in [0.1, 0.15) is 29.3 Å². The highest BCUT2D eigenvalue weighted by molar-refractivity contribution is 7.98. The van der Waals surface area contributed by atoms with Crippen LogP contribution in [-0.4, -0.2) is 52.6 Å². The molecule has 1 atom stereocenters. The second-order valence-corrected chi connectivity index (χ2v) is 5.45. The number of pyridine rings is 1. The molecular weight excluding hydrogens is 272 g/mol. The number of rotatable bonds is 5. The first kappa shape index (κ1) is 16.5. The van der Waals surface area contributed by atoms with Gasteiger partial charge in [-0.25, -0.2) is 0 Å². The Balaban J connectivity index is 2.80. The van der Waals surface area contributed by atoms with Gasteiger partial charge in [-0.1, -0.05) is 11.8 Å². The lowest BCUT2D eigenvalue weighted by Gasteiger charge is -2.24. The van der Waals surface area contributed by atoms with Gasteiger partial charge in [-0.2, -0.15) is 11.8 Å². The van der Waals surface area contributed by atoms with E-state index >= 15 is 0 Å². The maximum absolute atomic E-state index is 12.4. The maximum atomic E-state index is 12.4. The van der Waals surface area contributed by atoms with Gasteiger partial charge in [-0.15, -0.1) is 0 Å². The van der Waals surface area contributed by atoms with Crippen molar-refractivity contribution in [3.8, 4) is 11.8 Å². The summed E-state index contributed by atoms with van der Waals surface area (Å²) in [6.45, 7) is 1.83. The lowest BCUT2D eigenvalue weighted by molar-refractivity contribution is 0.0741. The van der Waals surface area contributed by atoms with Crippen LogP contribution in [0.4, 0.5) is 0 Å². The summed E-state index contributed by atoms with van der Waals surface area (Å²) in [7, 11) is 1.80. The van der Waals surface area contributed by atoms with E-state index in [-0.39, 0.29) is 18.6 Å². The fraction of sp³-hybridized carbons (Fsp3) is 0.467. The normalized spacial score (nSPS) is 11.4. The van der Waals surface area contributed by atoms with E-state index in [9.17, 15) is 4.79 Å². The molecule has 1 rings (SSSR count). The molecule has 0 spiro atoms. The molecule has 108 valence electrons. The monoisotopic (exact) mass is 292 g/mol. The third kappa shape index (κ3) is 4.87. The molecule has 1 heterocycles. The van der Waals surface area contributed by atoms with E-state index in [2.05, 4.69) is 23.1 Å². The van der Waals surface area contributed by atoms with E-state index in [1.165, 1.54) is 0 Å². The number of nitrogens with zero attached hydrogens (tertiary/aromatic N) is 2. The zero-order valence-electron chi connectivity index (χ0n) is 12.1. The quantitative estimate of drug-likeness (QED) is 0.838. The molecule has 20 heavy (non-hydrogen) atoms. The standard InChI is InChI=1S/C15H20N2O2S/c1-12(6-8-20-3)17(2)15(19)14-9-13(5-4-7-18)10-16-11-14/h9-12,18H,6-8H2,1-3H3. The molecular formula is C15H20N2O2S. The molecule has 0 aliphatic heterocycles. The lowest BCUT2D eigenvalue weighted by atomic mass is 10.1. The maximum Gasteiger partial charge on any atom is 0.255 e. The van der Waals surface area contributed by atoms with Gasteiger partial charge < -0.3 is 10.0 Å². The van der Waals surface area contributed by atoms with Gasteiger partial charge in [0, 0.05) is 31.0 Å². The van der Waals surface area contributed by atoms with Crippen molar-refractivity contribution in [1.29, 1.82) is 0 Å². The minimum absolute atomic E-state index is 0.0567. The van der Waals surface area contributed by atoms with Crippen LogP contribution in [0.5, 0.6) is 0 Å². The number of carbonyl (C=O) groups excluding carboxylic acids is 1. The number of carbonyl (C=O) groups is 1.